The van der Waals surface area contributed by atoms with Crippen LogP contribution in [0, 0.1) is 18.8 Å². The molecule has 102 valence electrons. The van der Waals surface area contributed by atoms with Crippen molar-refractivity contribution in [2.45, 2.75) is 47.0 Å². The van der Waals surface area contributed by atoms with Gasteiger partial charge in [0.25, 0.3) is 0 Å². The Morgan fingerprint density at radius 1 is 1.00 bits per heavy atom. The molecule has 0 bridgehead atoms. The monoisotopic (exact) mass is 247 g/mol. The number of rotatable bonds is 7. The molecule has 0 heterocycles. The lowest BCUT2D eigenvalue weighted by Gasteiger charge is -2.21. The Morgan fingerprint density at radius 3 is 2.28 bits per heavy atom. The van der Waals surface area contributed by atoms with E-state index in [9.17, 15) is 0 Å². The van der Waals surface area contributed by atoms with Gasteiger partial charge in [-0.25, -0.2) is 0 Å². The quantitative estimate of drug-likeness (QED) is 0.754. The minimum atomic E-state index is 0.642. The Balaban J connectivity index is 2.65. The second-order valence-corrected chi connectivity index (χ2v) is 6.29. The first-order chi connectivity index (χ1) is 8.49. The molecule has 0 saturated heterocycles. The van der Waals surface area contributed by atoms with E-state index in [-0.39, 0.29) is 0 Å². The van der Waals surface area contributed by atoms with Crippen molar-refractivity contribution < 1.29 is 0 Å². The van der Waals surface area contributed by atoms with Crippen molar-refractivity contribution in [3.63, 3.8) is 0 Å². The summed E-state index contributed by atoms with van der Waals surface area (Å²) in [5.41, 5.74) is 2.85. The molecule has 0 aromatic heterocycles. The van der Waals surface area contributed by atoms with Crippen molar-refractivity contribution in [2.75, 3.05) is 13.1 Å². The van der Waals surface area contributed by atoms with Crippen LogP contribution in [0.3, 0.4) is 0 Å². The summed E-state index contributed by atoms with van der Waals surface area (Å²) in [6.07, 6.45) is 1.26. The lowest BCUT2D eigenvalue weighted by atomic mass is 9.89. The molecule has 1 rings (SSSR count). The molecule has 0 aliphatic rings. The van der Waals surface area contributed by atoms with Crippen LogP contribution in [0.4, 0.5) is 0 Å². The highest BCUT2D eigenvalue weighted by molar-refractivity contribution is 5.25. The minimum absolute atomic E-state index is 0.642. The maximum Gasteiger partial charge on any atom is 0.00203 e. The number of hydrogen-bond donors (Lipinski definition) is 1. The fraction of sp³-hybridized carbons (Fsp3) is 0.647. The van der Waals surface area contributed by atoms with Gasteiger partial charge in [-0.2, -0.15) is 0 Å². The molecular weight excluding hydrogens is 218 g/mol. The first kappa shape index (κ1) is 15.2. The fourth-order valence-electron chi connectivity index (χ4n) is 2.38. The van der Waals surface area contributed by atoms with Gasteiger partial charge in [0.15, 0.2) is 0 Å². The lowest BCUT2D eigenvalue weighted by Crippen LogP contribution is -2.26. The Kier molecular flexibility index (Phi) is 6.42. The average Bonchev–Trinajstić information content (AvgIpc) is 2.26. The summed E-state index contributed by atoms with van der Waals surface area (Å²) >= 11 is 0. The second-order valence-electron chi connectivity index (χ2n) is 6.29. The molecule has 1 unspecified atom stereocenters. The van der Waals surface area contributed by atoms with E-state index >= 15 is 0 Å². The largest absolute Gasteiger partial charge is 0.316 e. The first-order valence-electron chi connectivity index (χ1n) is 7.26. The molecule has 0 fully saturated rings. The summed E-state index contributed by atoms with van der Waals surface area (Å²) in [5.74, 6) is 2.11. The van der Waals surface area contributed by atoms with Gasteiger partial charge in [-0.3, -0.25) is 0 Å². The number of nitrogens with one attached hydrogen (secondary N) is 1. The molecule has 1 atom stereocenters. The zero-order valence-electron chi connectivity index (χ0n) is 12.7. The number of aryl methyl sites for hydroxylation is 1. The Morgan fingerprint density at radius 2 is 1.72 bits per heavy atom. The van der Waals surface area contributed by atoms with Crippen LogP contribution in [0.5, 0.6) is 0 Å². The Labute approximate surface area is 113 Å². The topological polar surface area (TPSA) is 12.0 Å². The highest BCUT2D eigenvalue weighted by Crippen LogP contribution is 2.24. The predicted molar refractivity (Wildman–Crippen MR) is 81.1 cm³/mol. The molecule has 0 aliphatic heterocycles. The van der Waals surface area contributed by atoms with Gasteiger partial charge in [-0.15, -0.1) is 0 Å². The van der Waals surface area contributed by atoms with E-state index in [0.29, 0.717) is 5.92 Å². The molecule has 18 heavy (non-hydrogen) atoms. The van der Waals surface area contributed by atoms with Gasteiger partial charge in [-0.1, -0.05) is 57.5 Å². The van der Waals surface area contributed by atoms with Crippen LogP contribution in [0.15, 0.2) is 24.3 Å². The molecule has 1 aromatic carbocycles. The summed E-state index contributed by atoms with van der Waals surface area (Å²) in [6.45, 7) is 13.5. The van der Waals surface area contributed by atoms with Gasteiger partial charge >= 0.3 is 0 Å². The second kappa shape index (κ2) is 7.58. The molecule has 1 aromatic rings. The van der Waals surface area contributed by atoms with Crippen molar-refractivity contribution >= 4 is 0 Å². The van der Waals surface area contributed by atoms with Crippen molar-refractivity contribution in [3.8, 4) is 0 Å². The zero-order chi connectivity index (χ0) is 13.5. The smallest absolute Gasteiger partial charge is 0.00203 e. The molecule has 0 spiro atoms. The van der Waals surface area contributed by atoms with E-state index < -0.39 is 0 Å². The predicted octanol–water partition coefficient (Wildman–Crippen LogP) is 4.37. The standard InChI is InChI=1S/C17H29N/c1-13(2)9-17(12-18-11-14(3)4)16-8-6-7-15(5)10-16/h6-8,10,13-14,17-18H,9,11-12H2,1-5H3. The normalized spacial score (nSPS) is 13.3. The highest BCUT2D eigenvalue weighted by atomic mass is 14.9. The molecule has 1 N–H and O–H groups in total. The van der Waals surface area contributed by atoms with Gasteiger partial charge in [0.2, 0.25) is 0 Å². The van der Waals surface area contributed by atoms with Crippen LogP contribution in [-0.2, 0) is 0 Å². The first-order valence-corrected chi connectivity index (χ1v) is 7.26. The summed E-state index contributed by atoms with van der Waals surface area (Å²) in [4.78, 5) is 0. The third kappa shape index (κ3) is 5.68. The van der Waals surface area contributed by atoms with Crippen LogP contribution in [0.1, 0.15) is 51.2 Å². The number of benzene rings is 1. The van der Waals surface area contributed by atoms with Gasteiger partial charge in [-0.05, 0) is 43.2 Å². The number of hydrogen-bond acceptors (Lipinski definition) is 1. The van der Waals surface area contributed by atoms with E-state index in [2.05, 4.69) is 64.2 Å². The molecule has 0 amide bonds. The Bertz CT molecular complexity index is 341. The fourth-order valence-corrected chi connectivity index (χ4v) is 2.38. The van der Waals surface area contributed by atoms with E-state index in [4.69, 9.17) is 0 Å². The molecule has 0 saturated carbocycles. The van der Waals surface area contributed by atoms with E-state index in [0.717, 1.165) is 24.9 Å². The van der Waals surface area contributed by atoms with Crippen LogP contribution in [0.25, 0.3) is 0 Å². The highest BCUT2D eigenvalue weighted by Gasteiger charge is 2.13. The van der Waals surface area contributed by atoms with Crippen LogP contribution >= 0.6 is 0 Å². The summed E-state index contributed by atoms with van der Waals surface area (Å²) in [6, 6.07) is 8.97. The van der Waals surface area contributed by atoms with Gasteiger partial charge in [0.1, 0.15) is 0 Å². The third-order valence-electron chi connectivity index (χ3n) is 3.21. The van der Waals surface area contributed by atoms with Gasteiger partial charge in [0, 0.05) is 6.54 Å². The summed E-state index contributed by atoms with van der Waals surface area (Å²) in [7, 11) is 0. The van der Waals surface area contributed by atoms with Crippen molar-refractivity contribution in [2.24, 2.45) is 11.8 Å². The molecule has 1 heteroatoms. The minimum Gasteiger partial charge on any atom is -0.316 e. The van der Waals surface area contributed by atoms with E-state index in [1.807, 2.05) is 0 Å². The maximum atomic E-state index is 3.61. The van der Waals surface area contributed by atoms with Crippen molar-refractivity contribution in [1.29, 1.82) is 0 Å². The van der Waals surface area contributed by atoms with Gasteiger partial charge < -0.3 is 5.32 Å². The molecule has 0 aliphatic carbocycles. The average molecular weight is 247 g/mol. The van der Waals surface area contributed by atoms with Crippen LogP contribution < -0.4 is 5.32 Å². The molecule has 1 nitrogen and oxygen atoms in total. The maximum absolute atomic E-state index is 3.61. The van der Waals surface area contributed by atoms with Crippen LogP contribution in [0.2, 0.25) is 0 Å². The molecule has 0 radical (unpaired) electrons. The SMILES string of the molecule is Cc1cccc(C(CNCC(C)C)CC(C)C)c1. The summed E-state index contributed by atoms with van der Waals surface area (Å²) < 4.78 is 0. The Hall–Kier alpha value is -0.820. The van der Waals surface area contributed by atoms with Crippen LogP contribution in [-0.4, -0.2) is 13.1 Å². The zero-order valence-corrected chi connectivity index (χ0v) is 12.7. The lowest BCUT2D eigenvalue weighted by molar-refractivity contribution is 0.452. The third-order valence-corrected chi connectivity index (χ3v) is 3.21. The van der Waals surface area contributed by atoms with Gasteiger partial charge in [0.05, 0.1) is 0 Å². The van der Waals surface area contributed by atoms with E-state index in [1.165, 1.54) is 17.5 Å². The van der Waals surface area contributed by atoms with E-state index in [1.54, 1.807) is 0 Å². The van der Waals surface area contributed by atoms with Crippen molar-refractivity contribution in [1.82, 2.24) is 5.32 Å². The van der Waals surface area contributed by atoms with Crippen molar-refractivity contribution in [3.05, 3.63) is 35.4 Å². The summed E-state index contributed by atoms with van der Waals surface area (Å²) in [5, 5.41) is 3.61. The molecular formula is C17H29N.